The van der Waals surface area contributed by atoms with Crippen LogP contribution in [0.5, 0.6) is 11.5 Å². The molecule has 7 heteroatoms. The Morgan fingerprint density at radius 3 is 2.21 bits per heavy atom. The zero-order valence-corrected chi connectivity index (χ0v) is 17.7. The van der Waals surface area contributed by atoms with Gasteiger partial charge in [-0.3, -0.25) is 9.59 Å². The van der Waals surface area contributed by atoms with Crippen LogP contribution in [0.1, 0.15) is 22.3 Å². The fourth-order valence-electron chi connectivity index (χ4n) is 3.22. The quantitative estimate of drug-likeness (QED) is 0.737. The average molecular weight is 447 g/mol. The maximum absolute atomic E-state index is 12.3. The normalized spacial score (nSPS) is 12.4. The van der Waals surface area contributed by atoms with Crippen molar-refractivity contribution < 1.29 is 19.1 Å². The van der Waals surface area contributed by atoms with Gasteiger partial charge in [-0.05, 0) is 49.6 Å². The van der Waals surface area contributed by atoms with Crippen LogP contribution in [0.3, 0.4) is 0 Å². The first-order chi connectivity index (χ1) is 13.3. The first kappa shape index (κ1) is 20.2. The number of aryl methyl sites for hydroxylation is 3. The minimum absolute atomic E-state index is 0.0895. The molecule has 0 aliphatic carbocycles. The number of carbonyl (C=O) groups is 2. The Kier molecular flexibility index (Phi) is 6.24. The Labute approximate surface area is 172 Å². The average Bonchev–Trinajstić information content (AvgIpc) is 2.63. The summed E-state index contributed by atoms with van der Waals surface area (Å²) in [7, 11) is 0. The van der Waals surface area contributed by atoms with Gasteiger partial charge in [0.05, 0.1) is 13.0 Å². The molecule has 0 unspecified atom stereocenters. The molecule has 0 saturated heterocycles. The summed E-state index contributed by atoms with van der Waals surface area (Å²) in [5.41, 5.74) is 4.70. The molecule has 0 saturated carbocycles. The fraction of sp³-hybridized carbons (Fsp3) is 0.333. The van der Waals surface area contributed by atoms with E-state index in [0.717, 1.165) is 32.4 Å². The highest BCUT2D eigenvalue weighted by molar-refractivity contribution is 9.10. The predicted octanol–water partition coefficient (Wildman–Crippen LogP) is 3.44. The third kappa shape index (κ3) is 4.84. The number of fused-ring (bicyclic) bond motifs is 1. The summed E-state index contributed by atoms with van der Waals surface area (Å²) in [6.45, 7) is 6.82. The maximum atomic E-state index is 12.3. The van der Waals surface area contributed by atoms with Gasteiger partial charge in [-0.2, -0.15) is 0 Å². The van der Waals surface area contributed by atoms with Gasteiger partial charge < -0.3 is 20.1 Å². The number of benzene rings is 2. The van der Waals surface area contributed by atoms with Crippen LogP contribution in [0.25, 0.3) is 0 Å². The largest absolute Gasteiger partial charge is 0.486 e. The summed E-state index contributed by atoms with van der Waals surface area (Å²) in [6, 6.07) is 7.62. The lowest BCUT2D eigenvalue weighted by molar-refractivity contribution is -0.123. The van der Waals surface area contributed by atoms with Gasteiger partial charge in [-0.15, -0.1) is 0 Å². The van der Waals surface area contributed by atoms with E-state index in [1.54, 1.807) is 12.1 Å². The van der Waals surface area contributed by atoms with Crippen molar-refractivity contribution in [3.63, 3.8) is 0 Å². The van der Waals surface area contributed by atoms with Gasteiger partial charge >= 0.3 is 0 Å². The number of hydrogen-bond acceptors (Lipinski definition) is 4. The van der Waals surface area contributed by atoms with E-state index in [1.807, 2.05) is 32.9 Å². The minimum Gasteiger partial charge on any atom is -0.486 e. The zero-order valence-electron chi connectivity index (χ0n) is 16.1. The molecule has 3 rings (SSSR count). The van der Waals surface area contributed by atoms with E-state index >= 15 is 0 Å². The van der Waals surface area contributed by atoms with Crippen molar-refractivity contribution in [1.82, 2.24) is 5.32 Å². The summed E-state index contributed by atoms with van der Waals surface area (Å²) in [4.78, 5) is 24.5. The first-order valence-corrected chi connectivity index (χ1v) is 9.85. The van der Waals surface area contributed by atoms with Crippen molar-refractivity contribution in [3.8, 4) is 11.5 Å². The van der Waals surface area contributed by atoms with E-state index in [-0.39, 0.29) is 24.8 Å². The molecule has 0 atom stereocenters. The molecule has 2 aromatic rings. The van der Waals surface area contributed by atoms with E-state index in [1.165, 1.54) is 0 Å². The van der Waals surface area contributed by atoms with Gasteiger partial charge in [0.2, 0.25) is 11.8 Å². The lowest BCUT2D eigenvalue weighted by atomic mass is 10.1. The standard InChI is InChI=1S/C21H23BrN2O4/c1-12-6-13(2)21(14(3)7-12)24-20(26)11-23-19(25)9-15-8-17-18(10-16(15)22)28-5-4-27-17/h6-8,10H,4-5,9,11H2,1-3H3,(H,23,25)(H,24,26). The van der Waals surface area contributed by atoms with Crippen molar-refractivity contribution >= 4 is 33.4 Å². The third-order valence-electron chi connectivity index (χ3n) is 4.45. The van der Waals surface area contributed by atoms with Gasteiger partial charge in [0.1, 0.15) is 13.2 Å². The topological polar surface area (TPSA) is 76.7 Å². The van der Waals surface area contributed by atoms with Gasteiger partial charge in [-0.1, -0.05) is 33.6 Å². The van der Waals surface area contributed by atoms with Crippen LogP contribution in [0.15, 0.2) is 28.7 Å². The number of ether oxygens (including phenoxy) is 2. The Morgan fingerprint density at radius 1 is 0.964 bits per heavy atom. The lowest BCUT2D eigenvalue weighted by Crippen LogP contribution is -2.34. The first-order valence-electron chi connectivity index (χ1n) is 9.06. The number of carbonyl (C=O) groups excluding carboxylic acids is 2. The molecule has 0 bridgehead atoms. The summed E-state index contributed by atoms with van der Waals surface area (Å²) in [5.74, 6) is 0.778. The number of rotatable bonds is 5. The molecular formula is C21H23BrN2O4. The second kappa shape index (κ2) is 8.65. The number of nitrogens with one attached hydrogen (secondary N) is 2. The van der Waals surface area contributed by atoms with Crippen LogP contribution in [-0.2, 0) is 16.0 Å². The number of halogens is 1. The highest BCUT2D eigenvalue weighted by atomic mass is 79.9. The van der Waals surface area contributed by atoms with Crippen molar-refractivity contribution in [2.75, 3.05) is 25.1 Å². The number of amides is 2. The second-order valence-corrected chi connectivity index (χ2v) is 7.72. The highest BCUT2D eigenvalue weighted by Crippen LogP contribution is 2.35. The molecule has 1 aliphatic heterocycles. The molecule has 0 aromatic heterocycles. The molecular weight excluding hydrogens is 424 g/mol. The Bertz CT molecular complexity index is 904. The Morgan fingerprint density at radius 2 is 1.57 bits per heavy atom. The van der Waals surface area contributed by atoms with Gasteiger partial charge in [0.25, 0.3) is 0 Å². The van der Waals surface area contributed by atoms with E-state index in [0.29, 0.717) is 24.7 Å². The van der Waals surface area contributed by atoms with Crippen LogP contribution >= 0.6 is 15.9 Å². The SMILES string of the molecule is Cc1cc(C)c(NC(=O)CNC(=O)Cc2cc3c(cc2Br)OCCO3)c(C)c1. The predicted molar refractivity (Wildman–Crippen MR) is 111 cm³/mol. The Balaban J connectivity index is 1.57. The molecule has 0 spiro atoms. The molecule has 2 N–H and O–H groups in total. The molecule has 0 fully saturated rings. The molecule has 148 valence electrons. The van der Waals surface area contributed by atoms with Crippen molar-refractivity contribution in [3.05, 3.63) is 51.0 Å². The Hall–Kier alpha value is -2.54. The van der Waals surface area contributed by atoms with E-state index in [9.17, 15) is 9.59 Å². The summed E-state index contributed by atoms with van der Waals surface area (Å²) < 4.78 is 11.8. The molecule has 2 amide bonds. The van der Waals surface area contributed by atoms with Gasteiger partial charge in [0.15, 0.2) is 11.5 Å². The van der Waals surface area contributed by atoms with E-state index in [4.69, 9.17) is 9.47 Å². The number of hydrogen-bond donors (Lipinski definition) is 2. The van der Waals surface area contributed by atoms with Gasteiger partial charge in [0, 0.05) is 10.2 Å². The number of anilines is 1. The lowest BCUT2D eigenvalue weighted by Gasteiger charge is -2.19. The van der Waals surface area contributed by atoms with Crippen LogP contribution < -0.4 is 20.1 Å². The smallest absolute Gasteiger partial charge is 0.243 e. The summed E-state index contributed by atoms with van der Waals surface area (Å²) in [5, 5.41) is 5.54. The van der Waals surface area contributed by atoms with E-state index < -0.39 is 0 Å². The molecule has 28 heavy (non-hydrogen) atoms. The van der Waals surface area contributed by atoms with Crippen molar-refractivity contribution in [2.24, 2.45) is 0 Å². The molecule has 1 heterocycles. The monoisotopic (exact) mass is 446 g/mol. The molecule has 6 nitrogen and oxygen atoms in total. The fourth-order valence-corrected chi connectivity index (χ4v) is 3.68. The minimum atomic E-state index is -0.260. The molecule has 2 aromatic carbocycles. The van der Waals surface area contributed by atoms with Crippen molar-refractivity contribution in [2.45, 2.75) is 27.2 Å². The second-order valence-electron chi connectivity index (χ2n) is 6.86. The van der Waals surface area contributed by atoms with Crippen molar-refractivity contribution in [1.29, 1.82) is 0 Å². The van der Waals surface area contributed by atoms with Crippen LogP contribution in [0, 0.1) is 20.8 Å². The summed E-state index contributed by atoms with van der Waals surface area (Å²) >= 11 is 3.46. The van der Waals surface area contributed by atoms with Crippen LogP contribution in [-0.4, -0.2) is 31.6 Å². The molecule has 1 aliphatic rings. The summed E-state index contributed by atoms with van der Waals surface area (Å²) in [6.07, 6.45) is 0.132. The molecule has 0 radical (unpaired) electrons. The van der Waals surface area contributed by atoms with Crippen LogP contribution in [0.2, 0.25) is 0 Å². The van der Waals surface area contributed by atoms with Crippen LogP contribution in [0.4, 0.5) is 5.69 Å². The van der Waals surface area contributed by atoms with E-state index in [2.05, 4.69) is 26.6 Å². The zero-order chi connectivity index (χ0) is 20.3. The third-order valence-corrected chi connectivity index (χ3v) is 5.19. The highest BCUT2D eigenvalue weighted by Gasteiger charge is 2.17. The maximum Gasteiger partial charge on any atom is 0.243 e. The van der Waals surface area contributed by atoms with Gasteiger partial charge in [-0.25, -0.2) is 0 Å².